The number of rotatable bonds is 9. The predicted octanol–water partition coefficient (Wildman–Crippen LogP) is 4.04. The lowest BCUT2D eigenvalue weighted by atomic mass is 9.86. The lowest BCUT2D eigenvalue weighted by Crippen LogP contribution is -2.36. The van der Waals surface area contributed by atoms with Crippen LogP contribution in [0.2, 0.25) is 0 Å². The van der Waals surface area contributed by atoms with Gasteiger partial charge < -0.3 is 19.9 Å². The highest BCUT2D eigenvalue weighted by atomic mass is 16.5. The van der Waals surface area contributed by atoms with E-state index in [2.05, 4.69) is 39.1 Å². The third-order valence-electron chi connectivity index (χ3n) is 4.66. The van der Waals surface area contributed by atoms with Crippen molar-refractivity contribution in [1.29, 1.82) is 0 Å². The minimum Gasteiger partial charge on any atom is -0.494 e. The van der Waals surface area contributed by atoms with E-state index in [-0.39, 0.29) is 5.41 Å². The molecule has 25 heavy (non-hydrogen) atoms. The van der Waals surface area contributed by atoms with Crippen LogP contribution in [0.15, 0.2) is 18.2 Å². The molecular formula is C21H35NO3. The zero-order valence-corrected chi connectivity index (χ0v) is 16.3. The molecule has 1 saturated carbocycles. The molecule has 0 saturated heterocycles. The number of benzene rings is 1. The molecule has 1 aliphatic rings. The van der Waals surface area contributed by atoms with Crippen LogP contribution in [0.1, 0.15) is 65.4 Å². The number of hydrogen-bond donors (Lipinski definition) is 2. The molecule has 4 heteroatoms. The van der Waals surface area contributed by atoms with Gasteiger partial charge in [0.1, 0.15) is 24.2 Å². The van der Waals surface area contributed by atoms with Gasteiger partial charge in [-0.3, -0.25) is 0 Å². The van der Waals surface area contributed by atoms with Crippen molar-refractivity contribution < 1.29 is 14.6 Å². The van der Waals surface area contributed by atoms with E-state index >= 15 is 0 Å². The fourth-order valence-corrected chi connectivity index (χ4v) is 3.21. The van der Waals surface area contributed by atoms with Crippen molar-refractivity contribution in [3.05, 3.63) is 23.8 Å². The van der Waals surface area contributed by atoms with Gasteiger partial charge in [0.2, 0.25) is 0 Å². The van der Waals surface area contributed by atoms with Crippen LogP contribution in [0.4, 0.5) is 0 Å². The van der Waals surface area contributed by atoms with Crippen LogP contribution in [-0.4, -0.2) is 37.0 Å². The van der Waals surface area contributed by atoms with E-state index in [1.807, 2.05) is 12.1 Å². The normalized spacial score (nSPS) is 16.8. The van der Waals surface area contributed by atoms with E-state index < -0.39 is 6.10 Å². The lowest BCUT2D eigenvalue weighted by molar-refractivity contribution is 0.102. The van der Waals surface area contributed by atoms with Gasteiger partial charge in [-0.15, -0.1) is 0 Å². The van der Waals surface area contributed by atoms with Gasteiger partial charge in [0.05, 0.1) is 6.61 Å². The summed E-state index contributed by atoms with van der Waals surface area (Å²) < 4.78 is 11.7. The molecule has 1 aromatic carbocycles. The molecular weight excluding hydrogens is 314 g/mol. The van der Waals surface area contributed by atoms with Gasteiger partial charge in [0, 0.05) is 18.2 Å². The molecule has 1 atom stereocenters. The molecule has 4 nitrogen and oxygen atoms in total. The monoisotopic (exact) mass is 349 g/mol. The summed E-state index contributed by atoms with van der Waals surface area (Å²) in [5.41, 5.74) is 1.06. The Hall–Kier alpha value is -1.26. The first-order valence-electron chi connectivity index (χ1n) is 9.71. The van der Waals surface area contributed by atoms with Crippen LogP contribution in [0.5, 0.6) is 11.5 Å². The molecule has 1 unspecified atom stereocenters. The molecule has 142 valence electrons. The van der Waals surface area contributed by atoms with E-state index in [1.165, 1.54) is 25.7 Å². The smallest absolute Gasteiger partial charge is 0.123 e. The Morgan fingerprint density at radius 2 is 1.92 bits per heavy atom. The summed E-state index contributed by atoms with van der Waals surface area (Å²) >= 11 is 0. The molecule has 2 N–H and O–H groups in total. The molecule has 0 bridgehead atoms. The largest absolute Gasteiger partial charge is 0.494 e. The molecule has 0 radical (unpaired) electrons. The fourth-order valence-electron chi connectivity index (χ4n) is 3.21. The van der Waals surface area contributed by atoms with Crippen molar-refractivity contribution in [3.63, 3.8) is 0 Å². The van der Waals surface area contributed by atoms with E-state index in [1.54, 1.807) is 0 Å². The first kappa shape index (κ1) is 20.1. The second kappa shape index (κ2) is 9.44. The molecule has 0 amide bonds. The lowest BCUT2D eigenvalue weighted by Gasteiger charge is -2.24. The summed E-state index contributed by atoms with van der Waals surface area (Å²) in [6.45, 7) is 10.2. The maximum Gasteiger partial charge on any atom is 0.123 e. The summed E-state index contributed by atoms with van der Waals surface area (Å²) in [4.78, 5) is 0. The number of ether oxygens (including phenoxy) is 2. The number of aliphatic hydroxyl groups excluding tert-OH is 1. The zero-order chi connectivity index (χ0) is 18.3. The highest BCUT2D eigenvalue weighted by Gasteiger charge is 2.21. The van der Waals surface area contributed by atoms with Gasteiger partial charge >= 0.3 is 0 Å². The molecule has 2 rings (SSSR count). The average Bonchev–Trinajstić information content (AvgIpc) is 3.09. The Labute approximate surface area is 152 Å². The minimum absolute atomic E-state index is 0.0477. The summed E-state index contributed by atoms with van der Waals surface area (Å²) in [5.74, 6) is 1.71. The molecule has 0 spiro atoms. The van der Waals surface area contributed by atoms with Crippen LogP contribution in [-0.2, 0) is 5.41 Å². The second-order valence-electron chi connectivity index (χ2n) is 8.11. The number of hydrogen-bond acceptors (Lipinski definition) is 4. The van der Waals surface area contributed by atoms with Crippen molar-refractivity contribution >= 4 is 0 Å². The van der Waals surface area contributed by atoms with E-state index in [0.717, 1.165) is 30.1 Å². The van der Waals surface area contributed by atoms with Crippen molar-refractivity contribution in [1.82, 2.24) is 5.32 Å². The predicted molar refractivity (Wildman–Crippen MR) is 103 cm³/mol. The first-order valence-corrected chi connectivity index (χ1v) is 9.71. The van der Waals surface area contributed by atoms with Gasteiger partial charge in [-0.25, -0.2) is 0 Å². The van der Waals surface area contributed by atoms with Crippen molar-refractivity contribution in [2.75, 3.05) is 19.8 Å². The Kier molecular flexibility index (Phi) is 7.57. The topological polar surface area (TPSA) is 50.7 Å². The molecule has 0 aliphatic heterocycles. The standard InChI is InChI=1S/C21H35NO3/c1-5-12-24-18-10-11-20(19(13-18)21(2,3)4)25-15-17(23)14-22-16-8-6-7-9-16/h10-11,13,16-17,22-23H,5-9,12,14-15H2,1-4H3. The minimum atomic E-state index is -0.496. The quantitative estimate of drug-likeness (QED) is 0.706. The van der Waals surface area contributed by atoms with Gasteiger partial charge in [-0.1, -0.05) is 40.5 Å². The van der Waals surface area contributed by atoms with E-state index in [0.29, 0.717) is 19.2 Å². The van der Waals surface area contributed by atoms with Crippen LogP contribution >= 0.6 is 0 Å². The summed E-state index contributed by atoms with van der Waals surface area (Å²) in [5, 5.41) is 13.7. The Balaban J connectivity index is 1.92. The fraction of sp³-hybridized carbons (Fsp3) is 0.714. The van der Waals surface area contributed by atoms with Gasteiger partial charge in [0.15, 0.2) is 0 Å². The van der Waals surface area contributed by atoms with Gasteiger partial charge in [0.25, 0.3) is 0 Å². The Bertz CT molecular complexity index is 518. The van der Waals surface area contributed by atoms with E-state index in [9.17, 15) is 5.11 Å². The first-order chi connectivity index (χ1) is 11.9. The Morgan fingerprint density at radius 3 is 2.56 bits per heavy atom. The van der Waals surface area contributed by atoms with Crippen LogP contribution in [0.25, 0.3) is 0 Å². The van der Waals surface area contributed by atoms with Gasteiger partial charge in [-0.05, 0) is 42.9 Å². The number of nitrogens with one attached hydrogen (secondary N) is 1. The summed E-state index contributed by atoms with van der Waals surface area (Å²) in [6, 6.07) is 6.54. The maximum absolute atomic E-state index is 10.2. The third-order valence-corrected chi connectivity index (χ3v) is 4.66. The molecule has 1 aliphatic carbocycles. The summed E-state index contributed by atoms with van der Waals surface area (Å²) in [7, 11) is 0. The van der Waals surface area contributed by atoms with Crippen LogP contribution in [0, 0.1) is 0 Å². The van der Waals surface area contributed by atoms with Crippen molar-refractivity contribution in [2.45, 2.75) is 77.4 Å². The van der Waals surface area contributed by atoms with E-state index in [4.69, 9.17) is 9.47 Å². The average molecular weight is 350 g/mol. The zero-order valence-electron chi connectivity index (χ0n) is 16.3. The SMILES string of the molecule is CCCOc1ccc(OCC(O)CNC2CCCC2)c(C(C)(C)C)c1. The van der Waals surface area contributed by atoms with Crippen molar-refractivity contribution in [2.24, 2.45) is 0 Å². The second-order valence-corrected chi connectivity index (χ2v) is 8.11. The highest BCUT2D eigenvalue weighted by molar-refractivity contribution is 5.44. The summed E-state index contributed by atoms with van der Waals surface area (Å²) in [6.07, 6.45) is 5.53. The van der Waals surface area contributed by atoms with Crippen LogP contribution < -0.4 is 14.8 Å². The number of aliphatic hydroxyl groups is 1. The van der Waals surface area contributed by atoms with Crippen LogP contribution in [0.3, 0.4) is 0 Å². The van der Waals surface area contributed by atoms with Crippen molar-refractivity contribution in [3.8, 4) is 11.5 Å². The van der Waals surface area contributed by atoms with Gasteiger partial charge in [-0.2, -0.15) is 0 Å². The molecule has 0 aromatic heterocycles. The Morgan fingerprint density at radius 1 is 1.20 bits per heavy atom. The molecule has 1 aromatic rings. The molecule has 0 heterocycles. The third kappa shape index (κ3) is 6.52. The highest BCUT2D eigenvalue weighted by Crippen LogP contribution is 2.34. The maximum atomic E-state index is 10.2. The molecule has 1 fully saturated rings.